The Hall–Kier alpha value is -3.00. The zero-order valence-corrected chi connectivity index (χ0v) is 17.1. The second kappa shape index (κ2) is 8.16. The van der Waals surface area contributed by atoms with Crippen molar-refractivity contribution in [1.82, 2.24) is 30.0 Å². The third-order valence-corrected chi connectivity index (χ3v) is 5.53. The first-order valence-corrected chi connectivity index (χ1v) is 10.0. The molecule has 29 heavy (non-hydrogen) atoms. The van der Waals surface area contributed by atoms with E-state index in [4.69, 9.17) is 0 Å². The maximum Gasteiger partial charge on any atom is 0.320 e. The van der Waals surface area contributed by atoms with Crippen LogP contribution in [0.5, 0.6) is 0 Å². The molecule has 3 aromatic heterocycles. The molecule has 152 valence electrons. The molecular weight excluding hydrogens is 366 g/mol. The predicted molar refractivity (Wildman–Crippen MR) is 113 cm³/mol. The summed E-state index contributed by atoms with van der Waals surface area (Å²) in [5.74, 6) is 0.512. The smallest absolute Gasteiger partial charge is 0.320 e. The first kappa shape index (κ1) is 19.3. The predicted octanol–water partition coefficient (Wildman–Crippen LogP) is 3.12. The van der Waals surface area contributed by atoms with E-state index in [0.717, 1.165) is 41.5 Å². The molecule has 3 heterocycles. The summed E-state index contributed by atoms with van der Waals surface area (Å²) in [6.07, 6.45) is 9.74. The van der Waals surface area contributed by atoms with Crippen LogP contribution < -0.4 is 10.6 Å². The molecule has 3 aromatic rings. The van der Waals surface area contributed by atoms with Crippen molar-refractivity contribution < 1.29 is 4.79 Å². The number of amides is 2. The van der Waals surface area contributed by atoms with Crippen LogP contribution in [0.3, 0.4) is 0 Å². The third-order valence-electron chi connectivity index (χ3n) is 5.53. The van der Waals surface area contributed by atoms with E-state index >= 15 is 0 Å². The van der Waals surface area contributed by atoms with Gasteiger partial charge in [0.05, 0.1) is 23.6 Å². The number of anilines is 1. The van der Waals surface area contributed by atoms with Gasteiger partial charge in [-0.3, -0.25) is 10.3 Å². The van der Waals surface area contributed by atoms with Gasteiger partial charge in [-0.2, -0.15) is 5.10 Å². The molecule has 0 aliphatic heterocycles. The lowest BCUT2D eigenvalue weighted by atomic mass is 9.89. The molecule has 1 aliphatic rings. The van der Waals surface area contributed by atoms with Crippen molar-refractivity contribution in [2.45, 2.75) is 44.7 Å². The molecule has 4 rings (SSSR count). The fourth-order valence-corrected chi connectivity index (χ4v) is 4.08. The zero-order chi connectivity index (χ0) is 20.4. The van der Waals surface area contributed by atoms with E-state index in [1.807, 2.05) is 29.8 Å². The van der Waals surface area contributed by atoms with Crippen LogP contribution >= 0.6 is 0 Å². The maximum absolute atomic E-state index is 12.5. The van der Waals surface area contributed by atoms with Crippen molar-refractivity contribution in [1.29, 1.82) is 0 Å². The van der Waals surface area contributed by atoms with Gasteiger partial charge in [-0.25, -0.2) is 14.5 Å². The highest BCUT2D eigenvalue weighted by atomic mass is 16.2. The van der Waals surface area contributed by atoms with Gasteiger partial charge in [0.1, 0.15) is 5.82 Å². The van der Waals surface area contributed by atoms with Crippen LogP contribution in [0, 0.1) is 6.92 Å². The van der Waals surface area contributed by atoms with Crippen molar-refractivity contribution in [3.05, 3.63) is 42.5 Å². The minimum Gasteiger partial charge on any atom is -0.334 e. The number of fused-ring (bicyclic) bond motifs is 1. The van der Waals surface area contributed by atoms with Crippen molar-refractivity contribution >= 4 is 22.8 Å². The molecule has 0 bridgehead atoms. The largest absolute Gasteiger partial charge is 0.334 e. The van der Waals surface area contributed by atoms with E-state index in [-0.39, 0.29) is 12.1 Å². The molecule has 2 atom stereocenters. The van der Waals surface area contributed by atoms with E-state index in [1.165, 1.54) is 6.42 Å². The molecule has 2 amide bonds. The zero-order valence-electron chi connectivity index (χ0n) is 17.1. The van der Waals surface area contributed by atoms with E-state index in [0.29, 0.717) is 11.9 Å². The maximum atomic E-state index is 12.5. The highest BCUT2D eigenvalue weighted by Gasteiger charge is 2.28. The highest BCUT2D eigenvalue weighted by Crippen LogP contribution is 2.23. The molecule has 1 fully saturated rings. The van der Waals surface area contributed by atoms with Gasteiger partial charge in [0.25, 0.3) is 0 Å². The lowest BCUT2D eigenvalue weighted by molar-refractivity contribution is 0.178. The normalized spacial score (nSPS) is 19.4. The van der Waals surface area contributed by atoms with Crippen LogP contribution in [0.25, 0.3) is 16.6 Å². The molecule has 0 aromatic carbocycles. The molecule has 0 spiro atoms. The highest BCUT2D eigenvalue weighted by molar-refractivity contribution is 5.91. The van der Waals surface area contributed by atoms with Crippen molar-refractivity contribution in [3.63, 3.8) is 0 Å². The summed E-state index contributed by atoms with van der Waals surface area (Å²) in [6, 6.07) is 6.03. The van der Waals surface area contributed by atoms with Gasteiger partial charge < -0.3 is 10.2 Å². The number of hydrogen-bond acceptors (Lipinski definition) is 5. The minimum atomic E-state index is -0.215. The first-order valence-electron chi connectivity index (χ1n) is 10.0. The fourth-order valence-electron chi connectivity index (χ4n) is 4.08. The monoisotopic (exact) mass is 393 g/mol. The van der Waals surface area contributed by atoms with E-state index < -0.39 is 0 Å². The van der Waals surface area contributed by atoms with Crippen LogP contribution in [0.1, 0.15) is 31.4 Å². The van der Waals surface area contributed by atoms with Crippen LogP contribution in [0.4, 0.5) is 10.6 Å². The Balaban J connectivity index is 1.48. The van der Waals surface area contributed by atoms with Gasteiger partial charge in [0.2, 0.25) is 0 Å². The molecule has 8 nitrogen and oxygen atoms in total. The van der Waals surface area contributed by atoms with Crippen LogP contribution in [0.2, 0.25) is 0 Å². The molecule has 1 saturated carbocycles. The van der Waals surface area contributed by atoms with Gasteiger partial charge >= 0.3 is 6.03 Å². The first-order chi connectivity index (χ1) is 14.0. The number of carbonyl (C=O) groups is 1. The minimum absolute atomic E-state index is 0.153. The number of aryl methyl sites for hydroxylation is 1. The second-order valence-corrected chi connectivity index (χ2v) is 7.86. The quantitative estimate of drug-likeness (QED) is 0.711. The summed E-state index contributed by atoms with van der Waals surface area (Å²) >= 11 is 0. The lowest BCUT2D eigenvalue weighted by Gasteiger charge is -2.36. The molecule has 1 aliphatic carbocycles. The van der Waals surface area contributed by atoms with Gasteiger partial charge in [0, 0.05) is 29.4 Å². The molecule has 8 heteroatoms. The Morgan fingerprint density at radius 3 is 2.79 bits per heavy atom. The van der Waals surface area contributed by atoms with E-state index in [1.54, 1.807) is 18.6 Å². The lowest BCUT2D eigenvalue weighted by Crippen LogP contribution is -2.52. The second-order valence-electron chi connectivity index (χ2n) is 7.86. The van der Waals surface area contributed by atoms with Crippen molar-refractivity contribution in [3.8, 4) is 5.69 Å². The van der Waals surface area contributed by atoms with Crippen molar-refractivity contribution in [2.75, 3.05) is 19.4 Å². The van der Waals surface area contributed by atoms with Crippen LogP contribution in [0.15, 0.2) is 36.8 Å². The summed E-state index contributed by atoms with van der Waals surface area (Å²) in [4.78, 5) is 23.4. The van der Waals surface area contributed by atoms with Crippen LogP contribution in [-0.4, -0.2) is 56.9 Å². The van der Waals surface area contributed by atoms with Crippen molar-refractivity contribution in [2.24, 2.45) is 0 Å². The summed E-state index contributed by atoms with van der Waals surface area (Å²) in [5.41, 5.74) is 2.73. The van der Waals surface area contributed by atoms with E-state index in [9.17, 15) is 4.79 Å². The SMILES string of the molecule is Cc1cc(-n2ncc3cc(NC(=O)N[C@H]4CCCC[C@@H]4N(C)C)ncc32)ccn1. The Kier molecular flexibility index (Phi) is 5.44. The number of likely N-dealkylation sites (N-methyl/N-ethyl adjacent to an activating group) is 1. The third kappa shape index (κ3) is 4.22. The average molecular weight is 393 g/mol. The number of nitrogens with one attached hydrogen (secondary N) is 2. The topological polar surface area (TPSA) is 88.0 Å². The van der Waals surface area contributed by atoms with Gasteiger partial charge in [0.15, 0.2) is 0 Å². The average Bonchev–Trinajstić information content (AvgIpc) is 3.11. The number of nitrogens with zero attached hydrogens (tertiary/aromatic N) is 5. The summed E-state index contributed by atoms with van der Waals surface area (Å²) < 4.78 is 1.82. The Morgan fingerprint density at radius 1 is 1.17 bits per heavy atom. The summed E-state index contributed by atoms with van der Waals surface area (Å²) in [7, 11) is 4.14. The van der Waals surface area contributed by atoms with E-state index in [2.05, 4.69) is 44.7 Å². The standard InChI is InChI=1S/C21H27N7O/c1-14-10-16(8-9-22-14)28-19-13-23-20(11-15(19)12-24-28)26-21(29)25-17-6-4-5-7-18(17)27(2)3/h8-13,17-18H,4-7H2,1-3H3,(H2,23,25,26,29)/t17-,18-/m0/s1. The number of rotatable bonds is 4. The number of urea groups is 1. The van der Waals surface area contributed by atoms with Gasteiger partial charge in [-0.1, -0.05) is 12.8 Å². The summed E-state index contributed by atoms with van der Waals surface area (Å²) in [5, 5.41) is 11.4. The summed E-state index contributed by atoms with van der Waals surface area (Å²) in [6.45, 7) is 1.95. The van der Waals surface area contributed by atoms with Gasteiger partial charge in [-0.05, 0) is 52.1 Å². The Bertz CT molecular complexity index is 1010. The fraction of sp³-hybridized carbons (Fsp3) is 0.429. The molecule has 0 radical (unpaired) electrons. The molecule has 0 unspecified atom stereocenters. The number of hydrogen-bond donors (Lipinski definition) is 2. The Labute approximate surface area is 170 Å². The van der Waals surface area contributed by atoms with Crippen LogP contribution in [-0.2, 0) is 0 Å². The number of carbonyl (C=O) groups excluding carboxylic acids is 1. The Morgan fingerprint density at radius 2 is 2.00 bits per heavy atom. The molecule has 0 saturated heterocycles. The molecule has 2 N–H and O–H groups in total. The van der Waals surface area contributed by atoms with Gasteiger partial charge in [-0.15, -0.1) is 0 Å². The number of pyridine rings is 2. The molecular formula is C21H27N7O. The number of aromatic nitrogens is 4.